The first-order valence-electron chi connectivity index (χ1n) is 6.12. The number of hydrogen-bond donors (Lipinski definition) is 0. The molecule has 3 rings (SSSR count). The SMILES string of the molecule is Cc1cc(N2C(=O)c3ccccc3C2=O)nc(C)c1Br. The van der Waals surface area contributed by atoms with E-state index in [9.17, 15) is 9.59 Å². The summed E-state index contributed by atoms with van der Waals surface area (Å²) in [6.07, 6.45) is 0. The maximum absolute atomic E-state index is 12.4. The second-order valence-electron chi connectivity index (χ2n) is 4.69. The van der Waals surface area contributed by atoms with Crippen LogP contribution in [0.1, 0.15) is 32.0 Å². The summed E-state index contributed by atoms with van der Waals surface area (Å²) in [4.78, 5) is 30.2. The van der Waals surface area contributed by atoms with E-state index in [1.54, 1.807) is 30.3 Å². The summed E-state index contributed by atoms with van der Waals surface area (Å²) in [5, 5.41) is 0. The Morgan fingerprint density at radius 3 is 2.10 bits per heavy atom. The van der Waals surface area contributed by atoms with Crippen LogP contribution in [0.2, 0.25) is 0 Å². The Labute approximate surface area is 124 Å². The zero-order valence-electron chi connectivity index (χ0n) is 11.0. The molecule has 20 heavy (non-hydrogen) atoms. The van der Waals surface area contributed by atoms with Crippen molar-refractivity contribution in [2.75, 3.05) is 4.90 Å². The molecule has 5 heteroatoms. The maximum atomic E-state index is 12.4. The molecule has 100 valence electrons. The Kier molecular flexibility index (Phi) is 2.94. The summed E-state index contributed by atoms with van der Waals surface area (Å²) >= 11 is 3.43. The first-order valence-corrected chi connectivity index (χ1v) is 6.91. The number of benzene rings is 1. The van der Waals surface area contributed by atoms with Crippen LogP contribution >= 0.6 is 15.9 Å². The standard InChI is InChI=1S/C15H11BrN2O2/c1-8-7-12(17-9(2)13(8)16)18-14(19)10-5-3-4-6-11(10)15(18)20/h3-7H,1-2H3. The van der Waals surface area contributed by atoms with Crippen molar-refractivity contribution in [1.29, 1.82) is 0 Å². The molecule has 0 spiro atoms. The third-order valence-electron chi connectivity index (χ3n) is 3.31. The van der Waals surface area contributed by atoms with E-state index in [4.69, 9.17) is 0 Å². The first kappa shape index (κ1) is 13.0. The summed E-state index contributed by atoms with van der Waals surface area (Å²) in [6, 6.07) is 8.55. The van der Waals surface area contributed by atoms with E-state index in [1.165, 1.54) is 0 Å². The van der Waals surface area contributed by atoms with Gasteiger partial charge in [0.15, 0.2) is 0 Å². The van der Waals surface area contributed by atoms with Gasteiger partial charge in [-0.3, -0.25) is 9.59 Å². The number of hydrogen-bond acceptors (Lipinski definition) is 3. The summed E-state index contributed by atoms with van der Waals surface area (Å²) in [5.41, 5.74) is 2.54. The van der Waals surface area contributed by atoms with Crippen molar-refractivity contribution in [3.05, 3.63) is 57.2 Å². The van der Waals surface area contributed by atoms with Gasteiger partial charge in [-0.25, -0.2) is 9.88 Å². The first-order chi connectivity index (χ1) is 9.50. The van der Waals surface area contributed by atoms with Crippen molar-refractivity contribution >= 4 is 33.6 Å². The highest BCUT2D eigenvalue weighted by Gasteiger charge is 2.37. The minimum Gasteiger partial charge on any atom is -0.268 e. The van der Waals surface area contributed by atoms with Gasteiger partial charge in [-0.05, 0) is 53.5 Å². The predicted molar refractivity (Wildman–Crippen MR) is 79.0 cm³/mol. The normalized spacial score (nSPS) is 13.8. The molecule has 4 nitrogen and oxygen atoms in total. The molecule has 0 aliphatic carbocycles. The highest BCUT2D eigenvalue weighted by atomic mass is 79.9. The van der Waals surface area contributed by atoms with Gasteiger partial charge in [0.05, 0.1) is 16.8 Å². The second-order valence-corrected chi connectivity index (χ2v) is 5.48. The average Bonchev–Trinajstić information content (AvgIpc) is 2.68. The van der Waals surface area contributed by atoms with Gasteiger partial charge in [0, 0.05) is 4.47 Å². The van der Waals surface area contributed by atoms with E-state index in [0.717, 1.165) is 20.6 Å². The lowest BCUT2D eigenvalue weighted by atomic mass is 10.1. The molecule has 1 aromatic heterocycles. The van der Waals surface area contributed by atoms with Crippen LogP contribution in [0.25, 0.3) is 0 Å². The number of halogens is 1. The van der Waals surface area contributed by atoms with Gasteiger partial charge in [-0.2, -0.15) is 0 Å². The number of fused-ring (bicyclic) bond motifs is 1. The van der Waals surface area contributed by atoms with E-state index < -0.39 is 0 Å². The van der Waals surface area contributed by atoms with Crippen LogP contribution in [0, 0.1) is 13.8 Å². The molecule has 0 radical (unpaired) electrons. The van der Waals surface area contributed by atoms with Crippen molar-refractivity contribution in [2.24, 2.45) is 0 Å². The third kappa shape index (κ3) is 1.78. The quantitative estimate of drug-likeness (QED) is 0.754. The highest BCUT2D eigenvalue weighted by molar-refractivity contribution is 9.10. The number of carbonyl (C=O) groups is 2. The minimum absolute atomic E-state index is 0.320. The Balaban J connectivity index is 2.14. The fourth-order valence-corrected chi connectivity index (χ4v) is 2.51. The second kappa shape index (κ2) is 4.52. The third-order valence-corrected chi connectivity index (χ3v) is 4.51. The molecule has 2 aromatic rings. The molecule has 0 saturated heterocycles. The largest absolute Gasteiger partial charge is 0.268 e. The molecule has 0 unspecified atom stereocenters. The average molecular weight is 331 g/mol. The van der Waals surface area contributed by atoms with Crippen LogP contribution < -0.4 is 4.90 Å². The summed E-state index contributed by atoms with van der Waals surface area (Å²) in [7, 11) is 0. The van der Waals surface area contributed by atoms with Gasteiger partial charge in [-0.1, -0.05) is 12.1 Å². The van der Waals surface area contributed by atoms with E-state index in [-0.39, 0.29) is 11.8 Å². The van der Waals surface area contributed by atoms with Crippen molar-refractivity contribution in [3.8, 4) is 0 Å². The molecular weight excluding hydrogens is 320 g/mol. The van der Waals surface area contributed by atoms with Crippen molar-refractivity contribution in [2.45, 2.75) is 13.8 Å². The minimum atomic E-state index is -0.320. The summed E-state index contributed by atoms with van der Waals surface area (Å²) in [6.45, 7) is 3.74. The number of aryl methyl sites for hydroxylation is 2. The molecule has 0 atom stereocenters. The van der Waals surface area contributed by atoms with Gasteiger partial charge in [0.2, 0.25) is 0 Å². The van der Waals surface area contributed by atoms with Gasteiger partial charge in [-0.15, -0.1) is 0 Å². The van der Waals surface area contributed by atoms with E-state index >= 15 is 0 Å². The summed E-state index contributed by atoms with van der Waals surface area (Å²) < 4.78 is 0.887. The molecule has 2 heterocycles. The van der Waals surface area contributed by atoms with Crippen LogP contribution in [0.5, 0.6) is 0 Å². The monoisotopic (exact) mass is 330 g/mol. The smallest absolute Gasteiger partial charge is 0.267 e. The van der Waals surface area contributed by atoms with Gasteiger partial charge in [0.1, 0.15) is 5.82 Å². The van der Waals surface area contributed by atoms with Crippen LogP contribution in [0.15, 0.2) is 34.8 Å². The number of aromatic nitrogens is 1. The molecule has 1 aliphatic heterocycles. The Morgan fingerprint density at radius 1 is 1.05 bits per heavy atom. The zero-order chi connectivity index (χ0) is 14.4. The van der Waals surface area contributed by atoms with Crippen LogP contribution in [-0.2, 0) is 0 Å². The number of pyridine rings is 1. The van der Waals surface area contributed by atoms with Crippen molar-refractivity contribution in [3.63, 3.8) is 0 Å². The Morgan fingerprint density at radius 2 is 1.60 bits per heavy atom. The number of rotatable bonds is 1. The van der Waals surface area contributed by atoms with Gasteiger partial charge in [0.25, 0.3) is 11.8 Å². The number of carbonyl (C=O) groups excluding carboxylic acids is 2. The fourth-order valence-electron chi connectivity index (χ4n) is 2.31. The number of amides is 2. The summed E-state index contributed by atoms with van der Waals surface area (Å²) in [5.74, 6) is -0.271. The number of imide groups is 1. The molecule has 0 saturated carbocycles. The van der Waals surface area contributed by atoms with Gasteiger partial charge >= 0.3 is 0 Å². The lowest BCUT2D eigenvalue weighted by molar-refractivity contribution is 0.0925. The van der Waals surface area contributed by atoms with Crippen molar-refractivity contribution < 1.29 is 9.59 Å². The molecular formula is C15H11BrN2O2. The molecule has 0 bridgehead atoms. The van der Waals surface area contributed by atoms with E-state index in [2.05, 4.69) is 20.9 Å². The molecule has 0 N–H and O–H groups in total. The van der Waals surface area contributed by atoms with Crippen LogP contribution in [0.3, 0.4) is 0 Å². The lowest BCUT2D eigenvalue weighted by Gasteiger charge is -2.15. The number of nitrogens with zero attached hydrogens (tertiary/aromatic N) is 2. The molecule has 1 aliphatic rings. The lowest BCUT2D eigenvalue weighted by Crippen LogP contribution is -2.30. The topological polar surface area (TPSA) is 50.3 Å². The highest BCUT2D eigenvalue weighted by Crippen LogP contribution is 2.30. The molecule has 0 fully saturated rings. The predicted octanol–water partition coefficient (Wildman–Crippen LogP) is 3.26. The van der Waals surface area contributed by atoms with Gasteiger partial charge < -0.3 is 0 Å². The molecule has 1 aromatic carbocycles. The maximum Gasteiger partial charge on any atom is 0.267 e. The Bertz CT molecular complexity index is 697. The fraction of sp³-hybridized carbons (Fsp3) is 0.133. The van der Waals surface area contributed by atoms with E-state index in [0.29, 0.717) is 16.9 Å². The van der Waals surface area contributed by atoms with Crippen LogP contribution in [-0.4, -0.2) is 16.8 Å². The zero-order valence-corrected chi connectivity index (χ0v) is 12.6. The van der Waals surface area contributed by atoms with E-state index in [1.807, 2.05) is 13.8 Å². The van der Waals surface area contributed by atoms with Crippen LogP contribution in [0.4, 0.5) is 5.82 Å². The number of anilines is 1. The molecule has 2 amide bonds. The van der Waals surface area contributed by atoms with Crippen molar-refractivity contribution in [1.82, 2.24) is 4.98 Å². The Hall–Kier alpha value is -2.01.